The maximum Gasteiger partial charge on any atom is 0.326 e. The molecule has 0 radical (unpaired) electrons. The number of Topliss-reactive ketones (excluding diaryl/α,β-unsaturated/α-hetero) is 1. The van der Waals surface area contributed by atoms with E-state index in [1.165, 1.54) is 18.3 Å². The summed E-state index contributed by atoms with van der Waals surface area (Å²) in [6.45, 7) is 1.47. The fourth-order valence-electron chi connectivity index (χ4n) is 1.75. The molecule has 7 nitrogen and oxygen atoms in total. The number of carbonyl (C=O) groups is 3. The first-order valence-corrected chi connectivity index (χ1v) is 9.74. The highest BCUT2D eigenvalue weighted by Crippen LogP contribution is 2.12. The number of hydrogen-bond acceptors (Lipinski definition) is 6. The highest BCUT2D eigenvalue weighted by Gasteiger charge is 2.22. The largest absolute Gasteiger partial charge is 0.480 e. The topological polar surface area (TPSA) is 118 Å². The number of hydrogen-bond donors (Lipinski definition) is 2. The van der Waals surface area contributed by atoms with Crippen LogP contribution in [0.4, 0.5) is 0 Å². The first-order valence-electron chi connectivity index (χ1n) is 7.04. The average Bonchev–Trinajstić information content (AvgIpc) is 3.03. The minimum Gasteiger partial charge on any atom is -0.480 e. The van der Waals surface area contributed by atoms with E-state index in [4.69, 9.17) is 5.11 Å². The lowest BCUT2D eigenvalue weighted by Gasteiger charge is -2.14. The van der Waals surface area contributed by atoms with Crippen LogP contribution >= 0.6 is 11.3 Å². The molecule has 1 rings (SSSR count). The molecule has 1 aromatic rings. The molecule has 0 fully saturated rings. The van der Waals surface area contributed by atoms with Crippen molar-refractivity contribution in [2.75, 3.05) is 11.5 Å². The van der Waals surface area contributed by atoms with Gasteiger partial charge >= 0.3 is 5.97 Å². The molecule has 0 aliphatic heterocycles. The Labute approximate surface area is 138 Å². The number of carboxylic acid groups (broad SMARTS) is 1. The second-order valence-corrected chi connectivity index (χ2v) is 8.30. The smallest absolute Gasteiger partial charge is 0.326 e. The van der Waals surface area contributed by atoms with Crippen molar-refractivity contribution in [3.63, 3.8) is 0 Å². The number of sulfone groups is 1. The van der Waals surface area contributed by atoms with Crippen LogP contribution in [0.2, 0.25) is 0 Å². The zero-order valence-corrected chi connectivity index (χ0v) is 14.3. The molecule has 9 heteroatoms. The molecule has 0 aliphatic rings. The van der Waals surface area contributed by atoms with Gasteiger partial charge in [0, 0.05) is 18.6 Å². The van der Waals surface area contributed by atoms with Crippen molar-refractivity contribution in [3.05, 3.63) is 22.4 Å². The summed E-state index contributed by atoms with van der Waals surface area (Å²) in [6.07, 6.45) is -0.358. The SMILES string of the molecule is CCS(=O)(=O)CCC(NC(=O)CCC(=O)c1cccs1)C(=O)O. The Kier molecular flexibility index (Phi) is 7.37. The van der Waals surface area contributed by atoms with Crippen LogP contribution in [-0.2, 0) is 19.4 Å². The minimum atomic E-state index is -3.31. The van der Waals surface area contributed by atoms with Gasteiger partial charge in [0.2, 0.25) is 5.91 Å². The molecule has 0 saturated heterocycles. The molecule has 0 saturated carbocycles. The summed E-state index contributed by atoms with van der Waals surface area (Å²) < 4.78 is 22.8. The Bertz CT molecular complexity index is 651. The van der Waals surface area contributed by atoms with E-state index in [-0.39, 0.29) is 36.6 Å². The third-order valence-electron chi connectivity index (χ3n) is 3.17. The molecule has 0 bridgehead atoms. The summed E-state index contributed by atoms with van der Waals surface area (Å²) in [6, 6.07) is 2.10. The lowest BCUT2D eigenvalue weighted by atomic mass is 10.1. The van der Waals surface area contributed by atoms with Crippen LogP contribution in [0.15, 0.2) is 17.5 Å². The summed E-state index contributed by atoms with van der Waals surface area (Å²) in [5, 5.41) is 13.1. The van der Waals surface area contributed by atoms with Crippen molar-refractivity contribution in [2.24, 2.45) is 0 Å². The molecule has 128 valence electrons. The van der Waals surface area contributed by atoms with Crippen LogP contribution in [0.5, 0.6) is 0 Å². The van der Waals surface area contributed by atoms with Gasteiger partial charge in [0.1, 0.15) is 15.9 Å². The zero-order valence-electron chi connectivity index (χ0n) is 12.6. The Morgan fingerprint density at radius 1 is 1.30 bits per heavy atom. The molecular weight excluding hydrogens is 342 g/mol. The van der Waals surface area contributed by atoms with Gasteiger partial charge in [0.25, 0.3) is 0 Å². The zero-order chi connectivity index (χ0) is 17.5. The molecule has 23 heavy (non-hydrogen) atoms. The summed E-state index contributed by atoms with van der Waals surface area (Å²) in [7, 11) is -3.31. The number of thiophene rings is 1. The fraction of sp³-hybridized carbons (Fsp3) is 0.500. The molecule has 0 aliphatic carbocycles. The van der Waals surface area contributed by atoms with Gasteiger partial charge in [-0.3, -0.25) is 9.59 Å². The monoisotopic (exact) mass is 361 g/mol. The molecule has 1 amide bonds. The van der Waals surface area contributed by atoms with E-state index in [2.05, 4.69) is 5.32 Å². The highest BCUT2D eigenvalue weighted by atomic mass is 32.2. The molecular formula is C14H19NO6S2. The molecule has 0 spiro atoms. The maximum atomic E-state index is 11.8. The van der Waals surface area contributed by atoms with E-state index in [1.54, 1.807) is 17.5 Å². The lowest BCUT2D eigenvalue weighted by molar-refractivity contribution is -0.141. The van der Waals surface area contributed by atoms with Crippen LogP contribution in [0.25, 0.3) is 0 Å². The van der Waals surface area contributed by atoms with E-state index in [0.717, 1.165) is 0 Å². The first kappa shape index (κ1) is 19.3. The summed E-state index contributed by atoms with van der Waals surface area (Å²) in [4.78, 5) is 35.1. The second-order valence-electron chi connectivity index (χ2n) is 4.88. The van der Waals surface area contributed by atoms with Crippen LogP contribution < -0.4 is 5.32 Å². The van der Waals surface area contributed by atoms with Crippen molar-refractivity contribution in [2.45, 2.75) is 32.2 Å². The number of nitrogens with one attached hydrogen (secondary N) is 1. The lowest BCUT2D eigenvalue weighted by Crippen LogP contribution is -2.42. The third kappa shape index (κ3) is 6.91. The summed E-state index contributed by atoms with van der Waals surface area (Å²) in [5.74, 6) is -2.46. The summed E-state index contributed by atoms with van der Waals surface area (Å²) in [5.41, 5.74) is 0. The number of ketones is 1. The van der Waals surface area contributed by atoms with Gasteiger partial charge in [0.05, 0.1) is 10.6 Å². The van der Waals surface area contributed by atoms with Gasteiger partial charge in [-0.15, -0.1) is 11.3 Å². The van der Waals surface area contributed by atoms with Crippen molar-refractivity contribution >= 4 is 38.8 Å². The predicted octanol–water partition coefficient (Wildman–Crippen LogP) is 1.11. The molecule has 2 N–H and O–H groups in total. The van der Waals surface area contributed by atoms with Gasteiger partial charge in [-0.1, -0.05) is 13.0 Å². The predicted molar refractivity (Wildman–Crippen MR) is 86.4 cm³/mol. The van der Waals surface area contributed by atoms with Crippen molar-refractivity contribution in [3.8, 4) is 0 Å². The van der Waals surface area contributed by atoms with E-state index in [1.807, 2.05) is 0 Å². The van der Waals surface area contributed by atoms with Crippen LogP contribution in [0, 0.1) is 0 Å². The second kappa shape index (κ2) is 8.78. The van der Waals surface area contributed by atoms with E-state index >= 15 is 0 Å². The molecule has 1 unspecified atom stereocenters. The Morgan fingerprint density at radius 2 is 2.00 bits per heavy atom. The third-order valence-corrected chi connectivity index (χ3v) is 5.81. The quantitative estimate of drug-likeness (QED) is 0.603. The summed E-state index contributed by atoms with van der Waals surface area (Å²) >= 11 is 1.27. The van der Waals surface area contributed by atoms with Crippen molar-refractivity contribution in [1.82, 2.24) is 5.32 Å². The Hall–Kier alpha value is -1.74. The molecule has 1 heterocycles. The maximum absolute atomic E-state index is 11.8. The van der Waals surface area contributed by atoms with Gasteiger partial charge in [-0.25, -0.2) is 13.2 Å². The van der Waals surface area contributed by atoms with Crippen molar-refractivity contribution < 1.29 is 27.9 Å². The number of carboxylic acids is 1. The van der Waals surface area contributed by atoms with Crippen LogP contribution in [0.1, 0.15) is 35.9 Å². The van der Waals surface area contributed by atoms with Gasteiger partial charge in [-0.05, 0) is 17.9 Å². The van der Waals surface area contributed by atoms with E-state index in [9.17, 15) is 22.8 Å². The molecule has 1 atom stereocenters. The first-order chi connectivity index (χ1) is 10.7. The van der Waals surface area contributed by atoms with Crippen LogP contribution in [-0.4, -0.2) is 48.7 Å². The van der Waals surface area contributed by atoms with Crippen LogP contribution in [0.3, 0.4) is 0 Å². The number of rotatable bonds is 10. The van der Waals surface area contributed by atoms with E-state index < -0.39 is 27.8 Å². The van der Waals surface area contributed by atoms with Gasteiger partial charge < -0.3 is 10.4 Å². The number of carbonyl (C=O) groups excluding carboxylic acids is 2. The average molecular weight is 361 g/mol. The molecule has 1 aromatic heterocycles. The molecule has 0 aromatic carbocycles. The van der Waals surface area contributed by atoms with Crippen molar-refractivity contribution in [1.29, 1.82) is 0 Å². The Balaban J connectivity index is 2.48. The number of amides is 1. The normalized spacial score (nSPS) is 12.6. The standard InChI is InChI=1S/C14H19NO6S2/c1-2-23(20,21)9-7-10(14(18)19)15-13(17)6-5-11(16)12-4-3-8-22-12/h3-4,8,10H,2,5-7,9H2,1H3,(H,15,17)(H,18,19). The fourth-order valence-corrected chi connectivity index (χ4v) is 3.33. The highest BCUT2D eigenvalue weighted by molar-refractivity contribution is 7.91. The number of aliphatic carboxylic acids is 1. The minimum absolute atomic E-state index is 0.0219. The van der Waals surface area contributed by atoms with E-state index in [0.29, 0.717) is 4.88 Å². The Morgan fingerprint density at radius 3 is 2.52 bits per heavy atom. The van der Waals surface area contributed by atoms with Gasteiger partial charge in [-0.2, -0.15) is 0 Å². The van der Waals surface area contributed by atoms with Gasteiger partial charge in [0.15, 0.2) is 5.78 Å².